The topological polar surface area (TPSA) is 50.1 Å². The molecule has 2 fully saturated rings. The highest BCUT2D eigenvalue weighted by Crippen LogP contribution is 2.22. The number of thioether (sulfide) groups is 1. The Labute approximate surface area is 158 Å². The summed E-state index contributed by atoms with van der Waals surface area (Å²) in [7, 11) is 0. The second kappa shape index (κ2) is 7.98. The van der Waals surface area contributed by atoms with Crippen molar-refractivity contribution in [2.45, 2.75) is 19.4 Å². The van der Waals surface area contributed by atoms with Crippen molar-refractivity contribution in [2.75, 3.05) is 50.9 Å². The van der Waals surface area contributed by atoms with Crippen LogP contribution < -0.4 is 0 Å². The van der Waals surface area contributed by atoms with Crippen molar-refractivity contribution in [1.29, 1.82) is 0 Å². The zero-order valence-corrected chi connectivity index (χ0v) is 16.1. The van der Waals surface area contributed by atoms with E-state index in [1.54, 1.807) is 0 Å². The van der Waals surface area contributed by atoms with Crippen LogP contribution in [-0.4, -0.2) is 82.0 Å². The molecule has 2 saturated heterocycles. The molecule has 4 rings (SSSR count). The fourth-order valence-corrected chi connectivity index (χ4v) is 4.89. The number of fused-ring (bicyclic) bond motifs is 1. The third-order valence-corrected chi connectivity index (χ3v) is 6.38. The van der Waals surface area contributed by atoms with Gasteiger partial charge < -0.3 is 9.64 Å². The number of imidazole rings is 1. The van der Waals surface area contributed by atoms with E-state index >= 15 is 0 Å². The standard InChI is InChI=1S/C19H26N4O2S/c1-15-18(23-6-3-2-5-17(23)20-15)19(24)22-7-4-12-26-14-16(22)13-21-8-10-25-11-9-21/h2-3,5-6,16H,4,7-14H2,1H3. The number of aromatic nitrogens is 2. The number of ether oxygens (including phenoxy) is 1. The third-order valence-electron chi connectivity index (χ3n) is 5.18. The van der Waals surface area contributed by atoms with Crippen LogP contribution in [0.1, 0.15) is 22.6 Å². The molecule has 2 aromatic heterocycles. The first-order valence-electron chi connectivity index (χ1n) is 9.36. The zero-order chi connectivity index (χ0) is 17.9. The van der Waals surface area contributed by atoms with Crippen LogP contribution in [0, 0.1) is 6.92 Å². The molecule has 2 aliphatic heterocycles. The van der Waals surface area contributed by atoms with Crippen molar-refractivity contribution in [2.24, 2.45) is 0 Å². The van der Waals surface area contributed by atoms with Gasteiger partial charge in [-0.15, -0.1) is 0 Å². The highest BCUT2D eigenvalue weighted by atomic mass is 32.2. The van der Waals surface area contributed by atoms with Gasteiger partial charge in [-0.05, 0) is 31.2 Å². The number of hydrogen-bond acceptors (Lipinski definition) is 5. The highest BCUT2D eigenvalue weighted by Gasteiger charge is 2.31. The molecule has 26 heavy (non-hydrogen) atoms. The Kier molecular flexibility index (Phi) is 5.47. The third kappa shape index (κ3) is 3.61. The number of rotatable bonds is 3. The molecule has 7 heteroatoms. The molecule has 1 atom stereocenters. The summed E-state index contributed by atoms with van der Waals surface area (Å²) in [6, 6.07) is 6.10. The number of pyridine rings is 1. The van der Waals surface area contributed by atoms with Crippen molar-refractivity contribution in [3.05, 3.63) is 35.8 Å². The van der Waals surface area contributed by atoms with E-state index in [2.05, 4.69) is 14.8 Å². The first kappa shape index (κ1) is 17.8. The molecule has 0 aliphatic carbocycles. The lowest BCUT2D eigenvalue weighted by molar-refractivity contribution is 0.0243. The molecule has 2 aliphatic rings. The van der Waals surface area contributed by atoms with Crippen molar-refractivity contribution in [3.63, 3.8) is 0 Å². The average molecular weight is 375 g/mol. The van der Waals surface area contributed by atoms with Gasteiger partial charge in [0.2, 0.25) is 0 Å². The van der Waals surface area contributed by atoms with Gasteiger partial charge in [0.05, 0.1) is 24.9 Å². The number of carbonyl (C=O) groups excluding carboxylic acids is 1. The van der Waals surface area contributed by atoms with Gasteiger partial charge in [-0.2, -0.15) is 11.8 Å². The van der Waals surface area contributed by atoms with Crippen LogP contribution in [-0.2, 0) is 4.74 Å². The summed E-state index contributed by atoms with van der Waals surface area (Å²) in [5.74, 6) is 2.23. The Balaban J connectivity index is 1.61. The number of morpholine rings is 1. The number of hydrogen-bond donors (Lipinski definition) is 0. The van der Waals surface area contributed by atoms with Crippen LogP contribution in [0.25, 0.3) is 5.65 Å². The second-order valence-corrected chi connectivity index (χ2v) is 8.12. The molecule has 1 unspecified atom stereocenters. The molecule has 0 bridgehead atoms. The fourth-order valence-electron chi connectivity index (χ4n) is 3.84. The molecule has 4 heterocycles. The molecule has 0 spiro atoms. The van der Waals surface area contributed by atoms with E-state index in [1.165, 1.54) is 0 Å². The van der Waals surface area contributed by atoms with E-state index in [1.807, 2.05) is 47.5 Å². The lowest BCUT2D eigenvalue weighted by Crippen LogP contribution is -2.50. The summed E-state index contributed by atoms with van der Waals surface area (Å²) in [6.07, 6.45) is 2.98. The molecular weight excluding hydrogens is 348 g/mol. The minimum Gasteiger partial charge on any atom is -0.379 e. The number of nitrogens with zero attached hydrogens (tertiary/aromatic N) is 4. The monoisotopic (exact) mass is 374 g/mol. The van der Waals surface area contributed by atoms with Crippen molar-refractivity contribution < 1.29 is 9.53 Å². The van der Waals surface area contributed by atoms with Gasteiger partial charge in [-0.3, -0.25) is 14.1 Å². The van der Waals surface area contributed by atoms with Crippen LogP contribution in [0.4, 0.5) is 0 Å². The van der Waals surface area contributed by atoms with E-state index < -0.39 is 0 Å². The maximum atomic E-state index is 13.5. The lowest BCUT2D eigenvalue weighted by atomic mass is 10.2. The first-order chi connectivity index (χ1) is 12.7. The largest absolute Gasteiger partial charge is 0.379 e. The van der Waals surface area contributed by atoms with E-state index in [-0.39, 0.29) is 11.9 Å². The number of amides is 1. The van der Waals surface area contributed by atoms with Gasteiger partial charge in [0.1, 0.15) is 11.3 Å². The van der Waals surface area contributed by atoms with Crippen molar-refractivity contribution >= 4 is 23.3 Å². The summed E-state index contributed by atoms with van der Waals surface area (Å²) in [4.78, 5) is 22.6. The summed E-state index contributed by atoms with van der Waals surface area (Å²) in [5.41, 5.74) is 2.35. The van der Waals surface area contributed by atoms with E-state index in [9.17, 15) is 4.79 Å². The molecule has 140 valence electrons. The van der Waals surface area contributed by atoms with Gasteiger partial charge in [0.15, 0.2) is 0 Å². The Hall–Kier alpha value is -1.57. The Morgan fingerprint density at radius 3 is 3.00 bits per heavy atom. The highest BCUT2D eigenvalue weighted by molar-refractivity contribution is 7.99. The van der Waals surface area contributed by atoms with E-state index in [4.69, 9.17) is 4.74 Å². The number of carbonyl (C=O) groups is 1. The van der Waals surface area contributed by atoms with Gasteiger partial charge in [0, 0.05) is 38.1 Å². The van der Waals surface area contributed by atoms with Crippen molar-refractivity contribution in [1.82, 2.24) is 19.2 Å². The molecule has 0 aromatic carbocycles. The van der Waals surface area contributed by atoms with E-state index in [0.717, 1.165) is 68.7 Å². The van der Waals surface area contributed by atoms with Crippen LogP contribution in [0.5, 0.6) is 0 Å². The van der Waals surface area contributed by atoms with Crippen LogP contribution in [0.3, 0.4) is 0 Å². The zero-order valence-electron chi connectivity index (χ0n) is 15.3. The van der Waals surface area contributed by atoms with Gasteiger partial charge in [0.25, 0.3) is 5.91 Å². The number of aryl methyl sites for hydroxylation is 1. The Morgan fingerprint density at radius 2 is 2.15 bits per heavy atom. The summed E-state index contributed by atoms with van der Waals surface area (Å²) in [6.45, 7) is 7.18. The normalized spacial score (nSPS) is 22.5. The lowest BCUT2D eigenvalue weighted by Gasteiger charge is -2.35. The molecule has 2 aromatic rings. The van der Waals surface area contributed by atoms with Gasteiger partial charge in [-0.1, -0.05) is 6.07 Å². The average Bonchev–Trinajstić information content (AvgIpc) is 2.83. The smallest absolute Gasteiger partial charge is 0.273 e. The van der Waals surface area contributed by atoms with Crippen LogP contribution in [0.15, 0.2) is 24.4 Å². The van der Waals surface area contributed by atoms with Crippen LogP contribution >= 0.6 is 11.8 Å². The Morgan fingerprint density at radius 1 is 1.31 bits per heavy atom. The summed E-state index contributed by atoms with van der Waals surface area (Å²) < 4.78 is 7.40. The molecule has 0 N–H and O–H groups in total. The molecule has 0 radical (unpaired) electrons. The Bertz CT molecular complexity index is 772. The second-order valence-electron chi connectivity index (χ2n) is 6.97. The SMILES string of the molecule is Cc1nc2ccccn2c1C(=O)N1CCCSCC1CN1CCOCC1. The fraction of sp³-hybridized carbons (Fsp3) is 0.579. The predicted molar refractivity (Wildman–Crippen MR) is 104 cm³/mol. The quantitative estimate of drug-likeness (QED) is 0.822. The maximum absolute atomic E-state index is 13.5. The predicted octanol–water partition coefficient (Wildman–Crippen LogP) is 1.92. The minimum atomic E-state index is 0.113. The molecule has 0 saturated carbocycles. The van der Waals surface area contributed by atoms with Crippen LogP contribution in [0.2, 0.25) is 0 Å². The van der Waals surface area contributed by atoms with E-state index in [0.29, 0.717) is 5.69 Å². The summed E-state index contributed by atoms with van der Waals surface area (Å²) >= 11 is 1.96. The maximum Gasteiger partial charge on any atom is 0.273 e. The molecule has 1 amide bonds. The molecule has 6 nitrogen and oxygen atoms in total. The van der Waals surface area contributed by atoms with Gasteiger partial charge >= 0.3 is 0 Å². The minimum absolute atomic E-state index is 0.113. The summed E-state index contributed by atoms with van der Waals surface area (Å²) in [5, 5.41) is 0. The van der Waals surface area contributed by atoms with Crippen molar-refractivity contribution in [3.8, 4) is 0 Å². The molecular formula is C19H26N4O2S. The first-order valence-corrected chi connectivity index (χ1v) is 10.5. The van der Waals surface area contributed by atoms with Gasteiger partial charge in [-0.25, -0.2) is 4.98 Å².